The molecule has 3 aromatic heterocycles. The zero-order valence-corrected chi connectivity index (χ0v) is 18.6. The third-order valence-corrected chi connectivity index (χ3v) is 6.07. The first-order valence-electron chi connectivity index (χ1n) is 11.2. The van der Waals surface area contributed by atoms with Crippen LogP contribution in [0.25, 0.3) is 11.5 Å². The number of aromatic nitrogens is 5. The van der Waals surface area contributed by atoms with Crippen LogP contribution in [0.2, 0.25) is 0 Å². The molecule has 10 heteroatoms. The molecular weight excluding hydrogens is 422 g/mol. The van der Waals surface area contributed by atoms with E-state index in [1.807, 2.05) is 12.1 Å². The summed E-state index contributed by atoms with van der Waals surface area (Å²) < 4.78 is 7.21. The third kappa shape index (κ3) is 4.04. The molecule has 5 rings (SSSR count). The fourth-order valence-electron chi connectivity index (χ4n) is 4.34. The van der Waals surface area contributed by atoms with Crippen LogP contribution in [0.15, 0.2) is 30.5 Å². The van der Waals surface area contributed by atoms with Crippen LogP contribution in [0.1, 0.15) is 53.7 Å². The zero-order chi connectivity index (χ0) is 22.9. The Hall–Kier alpha value is -3.82. The lowest BCUT2D eigenvalue weighted by Crippen LogP contribution is -2.36. The quantitative estimate of drug-likeness (QED) is 0.654. The van der Waals surface area contributed by atoms with E-state index in [0.29, 0.717) is 49.5 Å². The van der Waals surface area contributed by atoms with Gasteiger partial charge in [-0.1, -0.05) is 6.07 Å². The topological polar surface area (TPSA) is 115 Å². The molecule has 10 nitrogen and oxygen atoms in total. The minimum Gasteiger partial charge on any atom is -0.450 e. The number of anilines is 1. The maximum absolute atomic E-state index is 12.9. The monoisotopic (exact) mass is 447 g/mol. The predicted molar refractivity (Wildman–Crippen MR) is 120 cm³/mol. The van der Waals surface area contributed by atoms with Gasteiger partial charge in [-0.2, -0.15) is 0 Å². The number of hydrogen-bond acceptors (Lipinski definition) is 7. The molecule has 1 N–H and O–H groups in total. The molecule has 1 atom stereocenters. The van der Waals surface area contributed by atoms with Crippen molar-refractivity contribution in [2.24, 2.45) is 0 Å². The van der Waals surface area contributed by atoms with Gasteiger partial charge >= 0.3 is 6.09 Å². The molecule has 0 aliphatic carbocycles. The predicted octanol–water partition coefficient (Wildman–Crippen LogP) is 3.01. The number of rotatable bonds is 4. The summed E-state index contributed by atoms with van der Waals surface area (Å²) >= 11 is 0. The molecule has 33 heavy (non-hydrogen) atoms. The van der Waals surface area contributed by atoms with E-state index in [1.54, 1.807) is 30.2 Å². The normalized spacial score (nSPS) is 16.8. The summed E-state index contributed by atoms with van der Waals surface area (Å²) in [5.74, 6) is 1.71. The van der Waals surface area contributed by atoms with Gasteiger partial charge in [0.15, 0.2) is 5.82 Å². The Morgan fingerprint density at radius 3 is 2.94 bits per heavy atom. The Morgan fingerprint density at radius 2 is 2.09 bits per heavy atom. The molecule has 0 radical (unpaired) electrons. The van der Waals surface area contributed by atoms with Gasteiger partial charge in [0, 0.05) is 31.7 Å². The van der Waals surface area contributed by atoms with Gasteiger partial charge in [-0.25, -0.2) is 9.78 Å². The number of nitrogens with zero attached hydrogens (tertiary/aromatic N) is 6. The van der Waals surface area contributed by atoms with Gasteiger partial charge < -0.3 is 19.5 Å². The first kappa shape index (κ1) is 21.0. The molecule has 0 unspecified atom stereocenters. The Bertz CT molecular complexity index is 1220. The van der Waals surface area contributed by atoms with Crippen molar-refractivity contribution in [3.63, 3.8) is 0 Å². The van der Waals surface area contributed by atoms with Crippen LogP contribution in [0.3, 0.4) is 0 Å². The SMILES string of the molecule is CCOC(=O)N1CCc2cnc(C(=O)Nc3cccc(-c4nnc5n4[C@@H](C)CC5)n3)cc2C1. The van der Waals surface area contributed by atoms with Crippen molar-refractivity contribution < 1.29 is 14.3 Å². The minimum atomic E-state index is -0.365. The van der Waals surface area contributed by atoms with Crippen molar-refractivity contribution in [2.45, 2.75) is 45.7 Å². The lowest BCUT2D eigenvalue weighted by atomic mass is 10.0. The smallest absolute Gasteiger partial charge is 0.410 e. The second-order valence-corrected chi connectivity index (χ2v) is 8.27. The maximum Gasteiger partial charge on any atom is 0.410 e. The second kappa shape index (κ2) is 8.61. The van der Waals surface area contributed by atoms with Crippen LogP contribution in [0.5, 0.6) is 0 Å². The van der Waals surface area contributed by atoms with Gasteiger partial charge in [0.25, 0.3) is 5.91 Å². The van der Waals surface area contributed by atoms with Crippen molar-refractivity contribution in [1.82, 2.24) is 29.6 Å². The highest BCUT2D eigenvalue weighted by molar-refractivity contribution is 6.02. The average molecular weight is 447 g/mol. The number of amides is 2. The van der Waals surface area contributed by atoms with Crippen LogP contribution in [-0.2, 0) is 24.1 Å². The second-order valence-electron chi connectivity index (χ2n) is 8.27. The lowest BCUT2D eigenvalue weighted by Gasteiger charge is -2.28. The summed E-state index contributed by atoms with van der Waals surface area (Å²) in [6.45, 7) is 5.21. The van der Waals surface area contributed by atoms with Gasteiger partial charge in [0.2, 0.25) is 0 Å². The van der Waals surface area contributed by atoms with E-state index in [2.05, 4.69) is 37.0 Å². The molecular formula is C23H25N7O3. The van der Waals surface area contributed by atoms with Crippen LogP contribution in [0, 0.1) is 0 Å². The Morgan fingerprint density at radius 1 is 1.21 bits per heavy atom. The first-order valence-corrected chi connectivity index (χ1v) is 11.2. The molecule has 0 saturated carbocycles. The van der Waals surface area contributed by atoms with Gasteiger partial charge in [0.05, 0.1) is 6.61 Å². The van der Waals surface area contributed by atoms with Crippen LogP contribution < -0.4 is 5.32 Å². The van der Waals surface area contributed by atoms with E-state index in [1.165, 1.54) is 0 Å². The molecule has 0 aromatic carbocycles. The van der Waals surface area contributed by atoms with E-state index >= 15 is 0 Å². The number of aryl methyl sites for hydroxylation is 1. The summed E-state index contributed by atoms with van der Waals surface area (Å²) in [6, 6.07) is 7.47. The molecule has 2 amide bonds. The summed E-state index contributed by atoms with van der Waals surface area (Å²) in [5.41, 5.74) is 2.85. The summed E-state index contributed by atoms with van der Waals surface area (Å²) in [7, 11) is 0. The molecule has 5 heterocycles. The molecule has 2 aliphatic heterocycles. The standard InChI is InChI=1S/C23H25N7O3/c1-3-33-23(32)29-10-9-15-12-24-18(11-16(15)13-29)22(31)26-19-6-4-5-17(25-19)21-28-27-20-8-7-14(2)30(20)21/h4-6,11-12,14H,3,7-10,13H2,1-2H3,(H,25,26,31)/t14-/m0/s1. The van der Waals surface area contributed by atoms with Crippen molar-refractivity contribution >= 4 is 17.8 Å². The number of carbonyl (C=O) groups is 2. The molecule has 2 aliphatic rings. The number of nitrogens with one attached hydrogen (secondary N) is 1. The summed E-state index contributed by atoms with van der Waals surface area (Å²) in [6.07, 6.45) is 3.97. The fraction of sp³-hybridized carbons (Fsp3) is 0.391. The van der Waals surface area contributed by atoms with Crippen molar-refractivity contribution in [3.05, 3.63) is 53.1 Å². The molecule has 0 fully saturated rings. The number of ether oxygens (including phenoxy) is 1. The first-order chi connectivity index (χ1) is 16.0. The lowest BCUT2D eigenvalue weighted by molar-refractivity contribution is 0.102. The molecule has 170 valence electrons. The van der Waals surface area contributed by atoms with Gasteiger partial charge in [0.1, 0.15) is 23.0 Å². The molecule has 0 bridgehead atoms. The van der Waals surface area contributed by atoms with Gasteiger partial charge in [-0.3, -0.25) is 9.78 Å². The highest BCUT2D eigenvalue weighted by Crippen LogP contribution is 2.30. The van der Waals surface area contributed by atoms with Crippen LogP contribution in [0.4, 0.5) is 10.6 Å². The van der Waals surface area contributed by atoms with Gasteiger partial charge in [-0.15, -0.1) is 10.2 Å². The van der Waals surface area contributed by atoms with E-state index in [0.717, 1.165) is 29.8 Å². The fourth-order valence-corrected chi connectivity index (χ4v) is 4.34. The molecule has 3 aromatic rings. The highest BCUT2D eigenvalue weighted by Gasteiger charge is 2.26. The maximum atomic E-state index is 12.9. The van der Waals surface area contributed by atoms with Crippen molar-refractivity contribution in [1.29, 1.82) is 0 Å². The van der Waals surface area contributed by atoms with E-state index in [9.17, 15) is 9.59 Å². The van der Waals surface area contributed by atoms with Crippen molar-refractivity contribution in [3.8, 4) is 11.5 Å². The van der Waals surface area contributed by atoms with E-state index < -0.39 is 0 Å². The Labute approximate surface area is 191 Å². The van der Waals surface area contributed by atoms with E-state index in [4.69, 9.17) is 4.74 Å². The number of fused-ring (bicyclic) bond motifs is 2. The van der Waals surface area contributed by atoms with Crippen LogP contribution in [-0.4, -0.2) is 54.8 Å². The van der Waals surface area contributed by atoms with Crippen molar-refractivity contribution in [2.75, 3.05) is 18.5 Å². The van der Waals surface area contributed by atoms with E-state index in [-0.39, 0.29) is 17.7 Å². The Balaban J connectivity index is 1.33. The molecule has 0 spiro atoms. The summed E-state index contributed by atoms with van der Waals surface area (Å²) in [5, 5.41) is 11.4. The summed E-state index contributed by atoms with van der Waals surface area (Å²) in [4.78, 5) is 35.5. The molecule has 0 saturated heterocycles. The zero-order valence-electron chi connectivity index (χ0n) is 18.6. The Kier molecular flexibility index (Phi) is 5.49. The largest absolute Gasteiger partial charge is 0.450 e. The number of pyridine rings is 2. The van der Waals surface area contributed by atoms with Crippen LogP contribution >= 0.6 is 0 Å². The average Bonchev–Trinajstić information content (AvgIpc) is 3.41. The third-order valence-electron chi connectivity index (χ3n) is 6.07. The minimum absolute atomic E-state index is 0.267. The van der Waals surface area contributed by atoms with Gasteiger partial charge in [-0.05, 0) is 56.0 Å². The highest BCUT2D eigenvalue weighted by atomic mass is 16.6. The number of hydrogen-bond donors (Lipinski definition) is 1. The number of carbonyl (C=O) groups excluding carboxylic acids is 2.